The second-order valence-electron chi connectivity index (χ2n) is 6.33. The van der Waals surface area contributed by atoms with Crippen LogP contribution in [0.15, 0.2) is 72.3 Å². The number of hydrogen-bond donors (Lipinski definition) is 1. The summed E-state index contributed by atoms with van der Waals surface area (Å²) in [4.78, 5) is 24.8. The van der Waals surface area contributed by atoms with Crippen molar-refractivity contribution in [3.05, 3.63) is 89.4 Å². The number of ether oxygens (including phenoxy) is 1. The molecule has 1 N–H and O–H groups in total. The number of carbonyl (C=O) groups excluding carboxylic acids is 1. The van der Waals surface area contributed by atoms with Crippen LogP contribution in [0.25, 0.3) is 5.69 Å². The molecule has 2 aromatic carbocycles. The lowest BCUT2D eigenvalue weighted by Crippen LogP contribution is -2.34. The van der Waals surface area contributed by atoms with Crippen LogP contribution in [0.4, 0.5) is 17.6 Å². The third-order valence-corrected chi connectivity index (χ3v) is 4.14. The number of aromatic nitrogens is 3. The van der Waals surface area contributed by atoms with Crippen molar-refractivity contribution in [2.45, 2.75) is 18.9 Å². The molecule has 0 aliphatic rings. The van der Waals surface area contributed by atoms with Gasteiger partial charge in [-0.1, -0.05) is 18.2 Å². The molecule has 0 saturated heterocycles. The lowest BCUT2D eigenvalue weighted by atomic mass is 10.1. The van der Waals surface area contributed by atoms with Crippen molar-refractivity contribution in [1.82, 2.24) is 19.7 Å². The summed E-state index contributed by atoms with van der Waals surface area (Å²) in [6.45, 7) is 3.24. The van der Waals surface area contributed by atoms with Crippen LogP contribution in [0.3, 0.4) is 0 Å². The zero-order valence-electron chi connectivity index (χ0n) is 15.8. The Kier molecular flexibility index (Phi) is 6.23. The molecule has 0 radical (unpaired) electrons. The van der Waals surface area contributed by atoms with Gasteiger partial charge in [-0.25, -0.2) is 9.18 Å². The first kappa shape index (κ1) is 21.8. The maximum atomic E-state index is 13.0. The van der Waals surface area contributed by atoms with Gasteiger partial charge in [-0.15, -0.1) is 19.8 Å². The molecule has 1 aromatic heterocycles. The van der Waals surface area contributed by atoms with Crippen LogP contribution in [0.5, 0.6) is 5.75 Å². The summed E-state index contributed by atoms with van der Waals surface area (Å²) in [5.74, 6) is -1.42. The van der Waals surface area contributed by atoms with Crippen LogP contribution in [-0.2, 0) is 11.3 Å². The van der Waals surface area contributed by atoms with E-state index in [2.05, 4.69) is 21.7 Å². The molecule has 0 fully saturated rings. The first-order valence-electron chi connectivity index (χ1n) is 8.84. The fraction of sp³-hybridized carbons (Fsp3) is 0.150. The van der Waals surface area contributed by atoms with Crippen molar-refractivity contribution < 1.29 is 27.1 Å². The number of nitrogens with zero attached hydrogens (tertiary/aromatic N) is 3. The molecule has 162 valence electrons. The summed E-state index contributed by atoms with van der Waals surface area (Å²) < 4.78 is 55.7. The lowest BCUT2D eigenvalue weighted by Gasteiger charge is -2.16. The van der Waals surface area contributed by atoms with E-state index in [4.69, 9.17) is 0 Å². The zero-order valence-corrected chi connectivity index (χ0v) is 15.8. The van der Waals surface area contributed by atoms with Gasteiger partial charge in [0.1, 0.15) is 24.4 Å². The summed E-state index contributed by atoms with van der Waals surface area (Å²) in [5, 5.41) is 6.52. The van der Waals surface area contributed by atoms with Crippen LogP contribution >= 0.6 is 0 Å². The lowest BCUT2D eigenvalue weighted by molar-refractivity contribution is -0.274. The minimum absolute atomic E-state index is 0.329. The number of alkyl halides is 3. The van der Waals surface area contributed by atoms with Gasteiger partial charge in [-0.05, 0) is 42.0 Å². The van der Waals surface area contributed by atoms with E-state index in [-0.39, 0.29) is 6.54 Å². The smallest absolute Gasteiger partial charge is 0.406 e. The van der Waals surface area contributed by atoms with Crippen molar-refractivity contribution >= 4 is 5.91 Å². The summed E-state index contributed by atoms with van der Waals surface area (Å²) in [6.07, 6.45) is -2.25. The summed E-state index contributed by atoms with van der Waals surface area (Å²) in [6, 6.07) is 9.31. The predicted molar refractivity (Wildman–Crippen MR) is 102 cm³/mol. The maximum absolute atomic E-state index is 13.0. The summed E-state index contributed by atoms with van der Waals surface area (Å²) >= 11 is 0. The fourth-order valence-electron chi connectivity index (χ4n) is 2.73. The molecular formula is C20H16F4N4O3. The van der Waals surface area contributed by atoms with E-state index in [1.165, 1.54) is 42.5 Å². The highest BCUT2D eigenvalue weighted by Gasteiger charge is 2.31. The SMILES string of the molecule is C=C[C@H](NC(=O)Cn1cnn(-c2ccc(F)cc2)c1=O)c1ccc(OC(F)(F)F)cc1. The average Bonchev–Trinajstić information content (AvgIpc) is 3.06. The Morgan fingerprint density at radius 1 is 1.16 bits per heavy atom. The second kappa shape index (κ2) is 8.86. The number of nitrogens with one attached hydrogen (secondary N) is 1. The second-order valence-corrected chi connectivity index (χ2v) is 6.33. The van der Waals surface area contributed by atoms with E-state index in [1.807, 2.05) is 0 Å². The number of rotatable bonds is 7. The van der Waals surface area contributed by atoms with E-state index < -0.39 is 35.6 Å². The van der Waals surface area contributed by atoms with Crippen molar-refractivity contribution in [3.63, 3.8) is 0 Å². The molecule has 31 heavy (non-hydrogen) atoms. The van der Waals surface area contributed by atoms with Gasteiger partial charge in [0.25, 0.3) is 0 Å². The molecule has 3 rings (SSSR count). The molecule has 0 bridgehead atoms. The monoisotopic (exact) mass is 436 g/mol. The molecule has 0 saturated carbocycles. The molecule has 0 aliphatic heterocycles. The summed E-state index contributed by atoms with van der Waals surface area (Å²) in [5.41, 5.74) is 0.188. The molecular weight excluding hydrogens is 420 g/mol. The van der Waals surface area contributed by atoms with Gasteiger partial charge in [0.05, 0.1) is 11.7 Å². The molecule has 1 atom stereocenters. The van der Waals surface area contributed by atoms with E-state index in [0.29, 0.717) is 11.3 Å². The van der Waals surface area contributed by atoms with Crippen LogP contribution < -0.4 is 15.7 Å². The van der Waals surface area contributed by atoms with Gasteiger partial charge < -0.3 is 10.1 Å². The standard InChI is InChI=1S/C20H16F4N4O3/c1-2-17(13-3-9-16(10-4-13)31-20(22,23)24)26-18(29)11-27-12-25-28(19(27)30)15-7-5-14(21)6-8-15/h2-10,12,17H,1,11H2,(H,26,29)/t17-/m0/s1. The van der Waals surface area contributed by atoms with Crippen molar-refractivity contribution in [3.8, 4) is 11.4 Å². The van der Waals surface area contributed by atoms with Crippen LogP contribution in [0.2, 0.25) is 0 Å². The third-order valence-electron chi connectivity index (χ3n) is 4.14. The molecule has 7 nitrogen and oxygen atoms in total. The van der Waals surface area contributed by atoms with Gasteiger partial charge in [0.15, 0.2) is 0 Å². The zero-order chi connectivity index (χ0) is 22.6. The first-order chi connectivity index (χ1) is 14.7. The molecule has 1 heterocycles. The highest BCUT2D eigenvalue weighted by Crippen LogP contribution is 2.24. The summed E-state index contributed by atoms with van der Waals surface area (Å²) in [7, 11) is 0. The van der Waals surface area contributed by atoms with Gasteiger partial charge in [-0.2, -0.15) is 9.78 Å². The Morgan fingerprint density at radius 2 is 1.81 bits per heavy atom. The molecule has 1 amide bonds. The largest absolute Gasteiger partial charge is 0.573 e. The highest BCUT2D eigenvalue weighted by atomic mass is 19.4. The van der Waals surface area contributed by atoms with Crippen molar-refractivity contribution in [2.75, 3.05) is 0 Å². The predicted octanol–water partition coefficient (Wildman–Crippen LogP) is 3.12. The molecule has 3 aromatic rings. The average molecular weight is 436 g/mol. The minimum atomic E-state index is -4.81. The van der Waals surface area contributed by atoms with Gasteiger partial charge in [0, 0.05) is 0 Å². The minimum Gasteiger partial charge on any atom is -0.406 e. The number of amides is 1. The Hall–Kier alpha value is -3.89. The molecule has 0 spiro atoms. The topological polar surface area (TPSA) is 78.2 Å². The van der Waals surface area contributed by atoms with Crippen LogP contribution in [0, 0.1) is 5.82 Å². The van der Waals surface area contributed by atoms with E-state index in [0.717, 1.165) is 27.7 Å². The number of hydrogen-bond acceptors (Lipinski definition) is 4. The molecule has 0 unspecified atom stereocenters. The van der Waals surface area contributed by atoms with Crippen LogP contribution in [0.1, 0.15) is 11.6 Å². The van der Waals surface area contributed by atoms with E-state index in [9.17, 15) is 27.2 Å². The Morgan fingerprint density at radius 3 is 2.39 bits per heavy atom. The van der Waals surface area contributed by atoms with E-state index in [1.54, 1.807) is 0 Å². The number of carbonyl (C=O) groups is 1. The number of benzene rings is 2. The van der Waals surface area contributed by atoms with E-state index >= 15 is 0 Å². The van der Waals surface area contributed by atoms with Crippen molar-refractivity contribution in [2.24, 2.45) is 0 Å². The van der Waals surface area contributed by atoms with Gasteiger partial charge >= 0.3 is 12.1 Å². The normalized spacial score (nSPS) is 12.3. The third kappa shape index (κ3) is 5.59. The first-order valence-corrected chi connectivity index (χ1v) is 8.84. The molecule has 0 aliphatic carbocycles. The number of halogens is 4. The maximum Gasteiger partial charge on any atom is 0.573 e. The fourth-order valence-corrected chi connectivity index (χ4v) is 2.73. The highest BCUT2D eigenvalue weighted by molar-refractivity contribution is 5.76. The van der Waals surface area contributed by atoms with Crippen LogP contribution in [-0.4, -0.2) is 26.6 Å². The van der Waals surface area contributed by atoms with Gasteiger partial charge in [-0.3, -0.25) is 9.36 Å². The Balaban J connectivity index is 1.67. The van der Waals surface area contributed by atoms with Gasteiger partial charge in [0.2, 0.25) is 5.91 Å². The Bertz CT molecular complexity index is 1120. The Labute approximate surface area is 173 Å². The van der Waals surface area contributed by atoms with Crippen molar-refractivity contribution in [1.29, 1.82) is 0 Å². The molecule has 11 heteroatoms. The quantitative estimate of drug-likeness (QED) is 0.456.